The Bertz CT molecular complexity index is 1480. The zero-order valence-electron chi connectivity index (χ0n) is 20.3. The van der Waals surface area contributed by atoms with E-state index >= 15 is 0 Å². The van der Waals surface area contributed by atoms with Gasteiger partial charge in [-0.1, -0.05) is 22.6 Å². The lowest BCUT2D eigenvalue weighted by Crippen LogP contribution is -2.47. The number of carbonyl (C=O) groups is 1. The number of aromatic nitrogens is 2. The van der Waals surface area contributed by atoms with Crippen LogP contribution < -0.4 is 15.4 Å². The molecule has 1 saturated heterocycles. The molecule has 3 aromatic rings. The number of alkyl halides is 4. The van der Waals surface area contributed by atoms with Crippen molar-refractivity contribution in [1.29, 1.82) is 0 Å². The quantitative estimate of drug-likeness (QED) is 0.180. The molecule has 1 amide bonds. The lowest BCUT2D eigenvalue weighted by Gasteiger charge is -2.22. The Morgan fingerprint density at radius 1 is 1.21 bits per heavy atom. The summed E-state index contributed by atoms with van der Waals surface area (Å²) in [4.78, 5) is 20.9. The minimum atomic E-state index is -4.62. The average Bonchev–Trinajstić information content (AvgIpc) is 2.83. The maximum absolute atomic E-state index is 14.1. The SMILES string of the molecule is C[C@H](NC(=O)[C@@H](C)Oc1cc(F)ccc1Nc1ncnc2cc(N=S3(=O)CCC3)cc(CI)c12)C(F)(F)F. The predicted molar refractivity (Wildman–Crippen MR) is 145 cm³/mol. The monoisotopic (exact) mass is 665 g/mol. The van der Waals surface area contributed by atoms with Crippen LogP contribution in [0, 0.1) is 5.82 Å². The van der Waals surface area contributed by atoms with Gasteiger partial charge in [-0.05, 0) is 50.1 Å². The van der Waals surface area contributed by atoms with E-state index in [2.05, 4.69) is 42.2 Å². The third-order valence-electron chi connectivity index (χ3n) is 5.87. The molecule has 2 atom stereocenters. The Labute approximate surface area is 230 Å². The van der Waals surface area contributed by atoms with Crippen LogP contribution in [0.1, 0.15) is 25.8 Å². The zero-order valence-corrected chi connectivity index (χ0v) is 23.3. The number of anilines is 2. The van der Waals surface area contributed by atoms with Crippen molar-refractivity contribution in [3.8, 4) is 5.75 Å². The summed E-state index contributed by atoms with van der Waals surface area (Å²) in [6.07, 6.45) is -3.76. The summed E-state index contributed by atoms with van der Waals surface area (Å²) in [6, 6.07) is 5.03. The van der Waals surface area contributed by atoms with Crippen LogP contribution in [0.3, 0.4) is 0 Å². The molecule has 0 spiro atoms. The highest BCUT2D eigenvalue weighted by molar-refractivity contribution is 14.1. The summed E-state index contributed by atoms with van der Waals surface area (Å²) in [5.41, 5.74) is 2.18. The fraction of sp³-hybridized carbons (Fsp3) is 0.375. The number of hydrogen-bond donors (Lipinski definition) is 2. The molecule has 4 rings (SSSR count). The molecule has 38 heavy (non-hydrogen) atoms. The van der Waals surface area contributed by atoms with Gasteiger partial charge in [0.15, 0.2) is 6.10 Å². The summed E-state index contributed by atoms with van der Waals surface area (Å²) >= 11 is 2.18. The van der Waals surface area contributed by atoms with E-state index in [4.69, 9.17) is 4.74 Å². The van der Waals surface area contributed by atoms with E-state index in [1.165, 1.54) is 25.4 Å². The van der Waals surface area contributed by atoms with E-state index in [0.717, 1.165) is 25.0 Å². The van der Waals surface area contributed by atoms with Crippen LogP contribution in [0.25, 0.3) is 10.9 Å². The number of nitrogens with zero attached hydrogens (tertiary/aromatic N) is 3. The Morgan fingerprint density at radius 2 is 1.95 bits per heavy atom. The van der Waals surface area contributed by atoms with Crippen molar-refractivity contribution < 1.29 is 31.3 Å². The maximum atomic E-state index is 14.1. The first-order valence-corrected chi connectivity index (χ1v) is 14.9. The third kappa shape index (κ3) is 6.45. The number of nitrogens with one attached hydrogen (secondary N) is 2. The van der Waals surface area contributed by atoms with Crippen molar-refractivity contribution in [1.82, 2.24) is 15.3 Å². The Morgan fingerprint density at radius 3 is 2.58 bits per heavy atom. The molecular weight excluding hydrogens is 641 g/mol. The minimum Gasteiger partial charge on any atom is -0.479 e. The highest BCUT2D eigenvalue weighted by Gasteiger charge is 2.38. The van der Waals surface area contributed by atoms with Crippen molar-refractivity contribution in [2.45, 2.75) is 43.0 Å². The number of benzene rings is 2. The Hall–Kier alpha value is -2.75. The molecule has 1 aliphatic heterocycles. The predicted octanol–water partition coefficient (Wildman–Crippen LogP) is 5.79. The van der Waals surface area contributed by atoms with Gasteiger partial charge in [0.1, 0.15) is 29.8 Å². The van der Waals surface area contributed by atoms with Crippen LogP contribution in [0.15, 0.2) is 41.0 Å². The lowest BCUT2D eigenvalue weighted by atomic mass is 10.1. The van der Waals surface area contributed by atoms with Gasteiger partial charge in [0.2, 0.25) is 0 Å². The third-order valence-corrected chi connectivity index (χ3v) is 9.08. The van der Waals surface area contributed by atoms with Gasteiger partial charge < -0.3 is 15.4 Å². The highest BCUT2D eigenvalue weighted by Crippen LogP contribution is 2.35. The largest absolute Gasteiger partial charge is 0.479 e. The van der Waals surface area contributed by atoms with Gasteiger partial charge in [-0.15, -0.1) is 0 Å². The molecule has 2 N–H and O–H groups in total. The number of halogens is 5. The summed E-state index contributed by atoms with van der Waals surface area (Å²) in [7, 11) is -2.22. The van der Waals surface area contributed by atoms with E-state index in [9.17, 15) is 26.6 Å². The molecule has 14 heteroatoms. The Kier molecular flexibility index (Phi) is 8.30. The lowest BCUT2D eigenvalue weighted by molar-refractivity contribution is -0.160. The molecule has 8 nitrogen and oxygen atoms in total. The first-order chi connectivity index (χ1) is 17.9. The van der Waals surface area contributed by atoms with Gasteiger partial charge in [-0.25, -0.2) is 18.6 Å². The van der Waals surface area contributed by atoms with Crippen LogP contribution >= 0.6 is 22.6 Å². The van der Waals surface area contributed by atoms with Crippen molar-refractivity contribution in [2.24, 2.45) is 4.36 Å². The van der Waals surface area contributed by atoms with Crippen LogP contribution in [-0.4, -0.2) is 49.9 Å². The van der Waals surface area contributed by atoms with Crippen LogP contribution in [0.4, 0.5) is 34.8 Å². The topological polar surface area (TPSA) is 106 Å². The van der Waals surface area contributed by atoms with Crippen molar-refractivity contribution in [3.05, 3.63) is 48.0 Å². The van der Waals surface area contributed by atoms with Gasteiger partial charge in [-0.2, -0.15) is 17.5 Å². The summed E-state index contributed by atoms with van der Waals surface area (Å²) in [5, 5.41) is 5.57. The van der Waals surface area contributed by atoms with Gasteiger partial charge in [0, 0.05) is 27.4 Å². The van der Waals surface area contributed by atoms with E-state index < -0.39 is 39.8 Å². The standard InChI is InChI=1S/C24H24F4IN5O3S/c1-13(23(35)32-14(2)24(26,27)28)37-20-9-16(25)4-5-18(20)33-22-21-15(11-29)8-17(10-19(21)30-12-31-22)34-38(36)6-3-7-38/h4-5,8-10,12-14H,3,6-7,11H2,1-2H3,(H,32,35)(H,30,31,33)/t13-,14+/m1/s1. The van der Waals surface area contributed by atoms with Crippen molar-refractivity contribution >= 4 is 66.3 Å². The molecule has 0 saturated carbocycles. The normalized spacial score (nSPS) is 16.3. The molecule has 2 aromatic carbocycles. The molecule has 2 heterocycles. The molecular formula is C24H24F4IN5O3S. The number of ether oxygens (including phenoxy) is 1. The molecule has 1 aromatic heterocycles. The summed E-state index contributed by atoms with van der Waals surface area (Å²) in [5.74, 6) is -0.270. The molecule has 0 bridgehead atoms. The van der Waals surface area contributed by atoms with Crippen LogP contribution in [-0.2, 0) is 19.0 Å². The first kappa shape index (κ1) is 28.3. The molecule has 0 unspecified atom stereocenters. The number of carbonyl (C=O) groups excluding carboxylic acids is 1. The number of fused-ring (bicyclic) bond motifs is 1. The molecule has 0 aliphatic carbocycles. The zero-order chi connectivity index (χ0) is 27.7. The highest BCUT2D eigenvalue weighted by atomic mass is 127. The van der Waals surface area contributed by atoms with Crippen molar-refractivity contribution in [3.63, 3.8) is 0 Å². The second-order valence-corrected chi connectivity index (χ2v) is 12.1. The summed E-state index contributed by atoms with van der Waals surface area (Å²) < 4.78 is 75.7. The molecule has 204 valence electrons. The number of hydrogen-bond acceptors (Lipinski definition) is 7. The minimum absolute atomic E-state index is 0.0939. The first-order valence-electron chi connectivity index (χ1n) is 11.5. The molecule has 0 radical (unpaired) electrons. The van der Waals surface area contributed by atoms with Gasteiger partial charge in [0.25, 0.3) is 5.91 Å². The van der Waals surface area contributed by atoms with Gasteiger partial charge in [0.05, 0.1) is 26.6 Å². The number of amides is 1. The molecule has 1 aliphatic rings. The smallest absolute Gasteiger partial charge is 0.408 e. The fourth-order valence-electron chi connectivity index (χ4n) is 3.67. The van der Waals surface area contributed by atoms with E-state index in [0.29, 0.717) is 38.3 Å². The van der Waals surface area contributed by atoms with E-state index in [1.807, 2.05) is 11.4 Å². The van der Waals surface area contributed by atoms with Gasteiger partial charge >= 0.3 is 6.18 Å². The second kappa shape index (κ2) is 11.2. The van der Waals surface area contributed by atoms with E-state index in [-0.39, 0.29) is 11.4 Å². The van der Waals surface area contributed by atoms with Crippen molar-refractivity contribution in [2.75, 3.05) is 16.8 Å². The maximum Gasteiger partial charge on any atom is 0.408 e. The average molecular weight is 665 g/mol. The number of rotatable bonds is 8. The second-order valence-electron chi connectivity index (χ2n) is 8.78. The van der Waals surface area contributed by atoms with E-state index in [1.54, 1.807) is 6.07 Å². The summed E-state index contributed by atoms with van der Waals surface area (Å²) in [6.45, 7) is 2.08. The van der Waals surface area contributed by atoms with Crippen LogP contribution in [0.5, 0.6) is 5.75 Å². The molecule has 1 fully saturated rings. The fourth-order valence-corrected chi connectivity index (χ4v) is 5.72. The van der Waals surface area contributed by atoms with Gasteiger partial charge in [-0.3, -0.25) is 4.79 Å². The van der Waals surface area contributed by atoms with Crippen LogP contribution in [0.2, 0.25) is 0 Å². The Balaban J connectivity index is 1.65.